The van der Waals surface area contributed by atoms with Gasteiger partial charge >= 0.3 is 0 Å². The van der Waals surface area contributed by atoms with E-state index in [4.69, 9.17) is 4.74 Å². The predicted molar refractivity (Wildman–Crippen MR) is 129 cm³/mol. The van der Waals surface area contributed by atoms with Crippen LogP contribution >= 0.6 is 0 Å². The Labute approximate surface area is 199 Å². The molecule has 10 unspecified atom stereocenters. The first-order valence-corrected chi connectivity index (χ1v) is 13.8. The lowest BCUT2D eigenvalue weighted by molar-refractivity contribution is -0.116. The van der Waals surface area contributed by atoms with E-state index in [2.05, 4.69) is 44.4 Å². The lowest BCUT2D eigenvalue weighted by Crippen LogP contribution is -2.48. The molecule has 4 aliphatic carbocycles. The van der Waals surface area contributed by atoms with Crippen LogP contribution in [0.3, 0.4) is 0 Å². The molecule has 0 aromatic heterocycles. The van der Waals surface area contributed by atoms with Crippen LogP contribution in [0, 0.1) is 39.9 Å². The van der Waals surface area contributed by atoms with Gasteiger partial charge in [0.1, 0.15) is 0 Å². The number of carbonyl (C=O) groups excluding carboxylic acids is 1. The van der Waals surface area contributed by atoms with Crippen LogP contribution in [0.15, 0.2) is 23.3 Å². The molecule has 3 saturated carbocycles. The van der Waals surface area contributed by atoms with Gasteiger partial charge in [0, 0.05) is 18.5 Å². The Bertz CT molecular complexity index is 971. The van der Waals surface area contributed by atoms with Crippen molar-refractivity contribution in [2.45, 2.75) is 96.8 Å². The average molecular weight is 451 g/mol. The molecule has 1 amide bonds. The fourth-order valence-electron chi connectivity index (χ4n) is 10.5. The Hall–Kier alpha value is -1.13. The molecule has 0 bridgehead atoms. The molecule has 7 rings (SSSR count). The van der Waals surface area contributed by atoms with Gasteiger partial charge in [0.2, 0.25) is 5.91 Å². The third-order valence-electron chi connectivity index (χ3n) is 12.4. The Morgan fingerprint density at radius 3 is 2.82 bits per heavy atom. The first kappa shape index (κ1) is 21.2. The molecular formula is C29H42N2O2. The normalized spacial score (nSPS) is 56.8. The summed E-state index contributed by atoms with van der Waals surface area (Å²) >= 11 is 0. The Kier molecular flexibility index (Phi) is 4.20. The number of allylic oxidation sites excluding steroid dienone is 2. The smallest absolute Gasteiger partial charge is 0.243 e. The summed E-state index contributed by atoms with van der Waals surface area (Å²) in [5.74, 6) is 2.73. The van der Waals surface area contributed by atoms with Gasteiger partial charge in [0.25, 0.3) is 0 Å². The Morgan fingerprint density at radius 1 is 1.12 bits per heavy atom. The topological polar surface area (TPSA) is 50.4 Å². The van der Waals surface area contributed by atoms with Gasteiger partial charge in [-0.25, -0.2) is 0 Å². The molecule has 5 fully saturated rings. The highest BCUT2D eigenvalue weighted by Gasteiger charge is 2.82. The highest BCUT2D eigenvalue weighted by atomic mass is 16.5. The highest BCUT2D eigenvalue weighted by molar-refractivity contribution is 5.88. The van der Waals surface area contributed by atoms with E-state index in [0.717, 1.165) is 25.4 Å². The molecule has 0 aromatic carbocycles. The van der Waals surface area contributed by atoms with Crippen LogP contribution in [0.4, 0.5) is 0 Å². The Morgan fingerprint density at radius 2 is 1.97 bits per heavy atom. The van der Waals surface area contributed by atoms with Crippen molar-refractivity contribution in [2.75, 3.05) is 13.1 Å². The summed E-state index contributed by atoms with van der Waals surface area (Å²) in [5, 5.41) is 7.03. The van der Waals surface area contributed by atoms with E-state index in [0.29, 0.717) is 40.7 Å². The van der Waals surface area contributed by atoms with E-state index in [1.54, 1.807) is 11.1 Å². The third-order valence-corrected chi connectivity index (χ3v) is 12.4. The van der Waals surface area contributed by atoms with Crippen molar-refractivity contribution < 1.29 is 9.53 Å². The van der Waals surface area contributed by atoms with E-state index in [1.165, 1.54) is 44.9 Å². The second-order valence-electron chi connectivity index (χ2n) is 13.5. The van der Waals surface area contributed by atoms with Crippen LogP contribution in [0.1, 0.15) is 79.1 Å². The second kappa shape index (κ2) is 6.55. The molecule has 33 heavy (non-hydrogen) atoms. The lowest BCUT2D eigenvalue weighted by atomic mass is 9.56. The summed E-state index contributed by atoms with van der Waals surface area (Å²) in [4.78, 5) is 12.2. The van der Waals surface area contributed by atoms with Crippen molar-refractivity contribution in [2.24, 2.45) is 39.9 Å². The lowest BCUT2D eigenvalue weighted by Gasteiger charge is -2.47. The fourth-order valence-corrected chi connectivity index (χ4v) is 10.5. The molecular weight excluding hydrogens is 408 g/mol. The van der Waals surface area contributed by atoms with Gasteiger partial charge in [0.05, 0.1) is 11.7 Å². The molecule has 0 aromatic rings. The van der Waals surface area contributed by atoms with Gasteiger partial charge in [0.15, 0.2) is 0 Å². The van der Waals surface area contributed by atoms with Crippen LogP contribution < -0.4 is 10.6 Å². The second-order valence-corrected chi connectivity index (χ2v) is 13.5. The zero-order valence-electron chi connectivity index (χ0n) is 21.0. The van der Waals surface area contributed by atoms with Crippen LogP contribution in [-0.2, 0) is 9.53 Å². The van der Waals surface area contributed by atoms with Crippen LogP contribution in [0.5, 0.6) is 0 Å². The number of carbonyl (C=O) groups is 1. The molecule has 3 aliphatic heterocycles. The molecule has 1 spiro atoms. The number of rotatable bonds is 0. The summed E-state index contributed by atoms with van der Waals surface area (Å²) in [5.41, 5.74) is 4.47. The molecule has 4 heteroatoms. The van der Waals surface area contributed by atoms with Gasteiger partial charge in [-0.15, -0.1) is 0 Å². The van der Waals surface area contributed by atoms with Gasteiger partial charge < -0.3 is 15.4 Å². The van der Waals surface area contributed by atoms with Crippen LogP contribution in [0.2, 0.25) is 0 Å². The van der Waals surface area contributed by atoms with Gasteiger partial charge in [-0.2, -0.15) is 0 Å². The van der Waals surface area contributed by atoms with Crippen LogP contribution in [-0.4, -0.2) is 36.7 Å². The Balaban J connectivity index is 1.23. The summed E-state index contributed by atoms with van der Waals surface area (Å²) in [6.45, 7) is 11.8. The first-order chi connectivity index (χ1) is 15.7. The van der Waals surface area contributed by atoms with E-state index < -0.39 is 0 Å². The number of nitrogens with one attached hydrogen (secondary N) is 2. The third kappa shape index (κ3) is 2.48. The maximum Gasteiger partial charge on any atom is 0.243 e. The standard InChI is InChI=1S/C29H42N2O2/c1-17-11-23-25(31-14-17)19(3)28(33-23)10-6-22-21(18(2)12-28)13-29-16-27(22,29)9-5-20-15-30-24(32)7-8-26(20,29)4/h7-8,17,19-20,22-23,25,31H,5-6,9-16H2,1-4H3,(H,30,32). The van der Waals surface area contributed by atoms with Gasteiger partial charge in [-0.05, 0) is 105 Å². The molecule has 4 nitrogen and oxygen atoms in total. The van der Waals surface area contributed by atoms with E-state index in [-0.39, 0.29) is 16.9 Å². The minimum Gasteiger partial charge on any atom is -0.369 e. The molecule has 10 atom stereocenters. The fraction of sp³-hybridized carbons (Fsp3) is 0.828. The number of hydrogen-bond acceptors (Lipinski definition) is 3. The summed E-state index contributed by atoms with van der Waals surface area (Å²) < 4.78 is 7.05. The molecule has 3 heterocycles. The van der Waals surface area contributed by atoms with Crippen molar-refractivity contribution in [1.29, 1.82) is 0 Å². The van der Waals surface area contributed by atoms with Crippen molar-refractivity contribution in [1.82, 2.24) is 10.6 Å². The van der Waals surface area contributed by atoms with E-state index in [9.17, 15) is 4.79 Å². The zero-order valence-corrected chi connectivity index (χ0v) is 21.0. The van der Waals surface area contributed by atoms with Crippen molar-refractivity contribution >= 4 is 5.91 Å². The summed E-state index contributed by atoms with van der Waals surface area (Å²) in [6, 6.07) is 0.533. The maximum atomic E-state index is 12.2. The molecule has 0 radical (unpaired) electrons. The van der Waals surface area contributed by atoms with Crippen LogP contribution in [0.25, 0.3) is 0 Å². The molecule has 2 saturated heterocycles. The van der Waals surface area contributed by atoms with Crippen molar-refractivity contribution in [3.8, 4) is 0 Å². The quantitative estimate of drug-likeness (QED) is 0.523. The number of amides is 1. The maximum absolute atomic E-state index is 12.2. The SMILES string of the molecule is CC1=C2CC34CC3(CCC3CNC(=O)C=CC34C)C2CCC2(C1)OC1CC(C)CNC1C2C. The largest absolute Gasteiger partial charge is 0.369 e. The van der Waals surface area contributed by atoms with E-state index in [1.807, 2.05) is 6.08 Å². The van der Waals surface area contributed by atoms with Gasteiger partial charge in [-0.1, -0.05) is 38.0 Å². The minimum atomic E-state index is 0.0294. The number of fused-ring (bicyclic) bond motifs is 3. The minimum absolute atomic E-state index is 0.0294. The number of hydrogen-bond donors (Lipinski definition) is 2. The van der Waals surface area contributed by atoms with Gasteiger partial charge in [-0.3, -0.25) is 4.79 Å². The number of ether oxygens (including phenoxy) is 1. The average Bonchev–Trinajstić information content (AvgIpc) is 3.36. The van der Waals surface area contributed by atoms with Crippen molar-refractivity contribution in [3.63, 3.8) is 0 Å². The van der Waals surface area contributed by atoms with Crippen molar-refractivity contribution in [3.05, 3.63) is 23.3 Å². The zero-order chi connectivity index (χ0) is 22.8. The monoisotopic (exact) mass is 450 g/mol. The summed E-state index contributed by atoms with van der Waals surface area (Å²) in [6.07, 6.45) is 14.7. The highest BCUT2D eigenvalue weighted by Crippen LogP contribution is 2.89. The molecule has 180 valence electrons. The van der Waals surface area contributed by atoms with E-state index >= 15 is 0 Å². The predicted octanol–water partition coefficient (Wildman–Crippen LogP) is 4.76. The molecule has 7 aliphatic rings. The first-order valence-electron chi connectivity index (χ1n) is 13.8. The molecule has 2 N–H and O–H groups in total. The number of piperidine rings is 1. The summed E-state index contributed by atoms with van der Waals surface area (Å²) in [7, 11) is 0.